The van der Waals surface area contributed by atoms with Gasteiger partial charge in [-0.2, -0.15) is 0 Å². The number of rotatable bonds is 5. The number of hydrogen-bond acceptors (Lipinski definition) is 3. The van der Waals surface area contributed by atoms with Crippen LogP contribution in [0.2, 0.25) is 0 Å². The summed E-state index contributed by atoms with van der Waals surface area (Å²) in [5.74, 6) is 0.648. The van der Waals surface area contributed by atoms with Crippen LogP contribution in [-0.2, 0) is 4.74 Å². The van der Waals surface area contributed by atoms with Crippen molar-refractivity contribution < 1.29 is 14.3 Å². The maximum atomic E-state index is 11.5. The smallest absolute Gasteiger partial charge is 0.411 e. The zero-order chi connectivity index (χ0) is 15.7. The second kappa shape index (κ2) is 5.93. The van der Waals surface area contributed by atoms with Crippen molar-refractivity contribution in [1.82, 2.24) is 0 Å². The van der Waals surface area contributed by atoms with Gasteiger partial charge >= 0.3 is 6.09 Å². The monoisotopic (exact) mass is 331 g/mol. The Balaban J connectivity index is 1.91. The van der Waals surface area contributed by atoms with Gasteiger partial charge in [-0.25, -0.2) is 4.79 Å². The Hall–Kier alpha value is -1.13. The number of carbonyl (C=O) groups is 1. The number of benzene rings is 1. The lowest BCUT2D eigenvalue weighted by Crippen LogP contribution is -2.18. The van der Waals surface area contributed by atoms with Gasteiger partial charge in [0, 0.05) is 17.2 Å². The Morgan fingerprint density at radius 1 is 1.43 bits per heavy atom. The van der Waals surface area contributed by atoms with E-state index in [2.05, 4.69) is 5.32 Å². The second-order valence-electron chi connectivity index (χ2n) is 5.84. The van der Waals surface area contributed by atoms with Crippen LogP contribution in [0.5, 0.6) is 5.75 Å². The van der Waals surface area contributed by atoms with E-state index < -0.39 is 10.4 Å². The molecule has 2 rings (SSSR count). The first-order valence-electron chi connectivity index (χ1n) is 6.80. The Kier molecular flexibility index (Phi) is 4.59. The van der Waals surface area contributed by atoms with Crippen LogP contribution in [0, 0.1) is 5.41 Å². The molecule has 0 spiro atoms. The van der Waals surface area contributed by atoms with Crippen LogP contribution in [0.15, 0.2) is 24.3 Å². The highest BCUT2D eigenvalue weighted by atomic mass is 35.5. The third-order valence-electron chi connectivity index (χ3n) is 3.35. The van der Waals surface area contributed by atoms with Crippen LogP contribution < -0.4 is 10.1 Å². The molecule has 1 N–H and O–H groups in total. The zero-order valence-corrected chi connectivity index (χ0v) is 13.8. The molecule has 1 aromatic carbocycles. The Labute approximate surface area is 134 Å². The third kappa shape index (κ3) is 4.17. The van der Waals surface area contributed by atoms with Gasteiger partial charge in [-0.3, -0.25) is 5.32 Å². The lowest BCUT2D eigenvalue weighted by Gasteiger charge is -2.14. The molecule has 1 saturated carbocycles. The van der Waals surface area contributed by atoms with Gasteiger partial charge in [0.2, 0.25) is 0 Å². The Bertz CT molecular complexity index is 533. The molecule has 1 fully saturated rings. The predicted octanol–water partition coefficient (Wildman–Crippen LogP) is 4.61. The van der Waals surface area contributed by atoms with Gasteiger partial charge in [-0.15, -0.1) is 23.2 Å². The van der Waals surface area contributed by atoms with Crippen LogP contribution in [-0.4, -0.2) is 23.1 Å². The largest absolute Gasteiger partial charge is 0.493 e. The van der Waals surface area contributed by atoms with E-state index in [0.717, 1.165) is 0 Å². The summed E-state index contributed by atoms with van der Waals surface area (Å²) in [5, 5.41) is 2.65. The van der Waals surface area contributed by atoms with Gasteiger partial charge in [0.05, 0.1) is 12.7 Å². The maximum Gasteiger partial charge on any atom is 0.411 e. The highest BCUT2D eigenvalue weighted by Gasteiger charge is 2.63. The summed E-state index contributed by atoms with van der Waals surface area (Å²) in [6.07, 6.45) is 0.0542. The predicted molar refractivity (Wildman–Crippen MR) is 84.3 cm³/mol. The molecule has 0 bridgehead atoms. The van der Waals surface area contributed by atoms with Crippen molar-refractivity contribution in [2.45, 2.75) is 37.6 Å². The van der Waals surface area contributed by atoms with Crippen LogP contribution in [0.25, 0.3) is 0 Å². The minimum atomic E-state index is -0.704. The summed E-state index contributed by atoms with van der Waals surface area (Å²) in [4.78, 5) is 11.5. The van der Waals surface area contributed by atoms with E-state index >= 15 is 0 Å². The van der Waals surface area contributed by atoms with Crippen LogP contribution >= 0.6 is 23.2 Å². The number of hydrogen-bond donors (Lipinski definition) is 1. The van der Waals surface area contributed by atoms with Gasteiger partial charge in [-0.05, 0) is 32.4 Å². The van der Waals surface area contributed by atoms with E-state index in [1.165, 1.54) is 0 Å². The van der Waals surface area contributed by atoms with E-state index in [1.807, 2.05) is 13.0 Å². The topological polar surface area (TPSA) is 47.6 Å². The SMILES string of the molecule is CC(C)OC(=O)Nc1cccc(OCC2(C)CC2(Cl)Cl)c1. The van der Waals surface area contributed by atoms with Crippen LogP contribution in [0.1, 0.15) is 27.2 Å². The van der Waals surface area contributed by atoms with E-state index in [-0.39, 0.29) is 11.5 Å². The van der Waals surface area contributed by atoms with Crippen molar-refractivity contribution >= 4 is 35.0 Å². The number of ether oxygens (including phenoxy) is 2. The van der Waals surface area contributed by atoms with Crippen LogP contribution in [0.4, 0.5) is 10.5 Å². The number of halogens is 2. The average Bonchev–Trinajstić information content (AvgIpc) is 2.85. The first-order valence-corrected chi connectivity index (χ1v) is 7.56. The Morgan fingerprint density at radius 3 is 2.67 bits per heavy atom. The van der Waals surface area contributed by atoms with Crippen molar-refractivity contribution in [2.24, 2.45) is 5.41 Å². The lowest BCUT2D eigenvalue weighted by molar-refractivity contribution is 0.130. The fraction of sp³-hybridized carbons (Fsp3) is 0.533. The molecule has 1 unspecified atom stereocenters. The molecule has 1 aromatic rings. The Morgan fingerprint density at radius 2 is 2.10 bits per heavy atom. The summed E-state index contributed by atoms with van der Waals surface area (Å²) in [6.45, 7) is 6.00. The molecule has 21 heavy (non-hydrogen) atoms. The van der Waals surface area contributed by atoms with Crippen molar-refractivity contribution in [1.29, 1.82) is 0 Å². The van der Waals surface area contributed by atoms with Crippen LogP contribution in [0.3, 0.4) is 0 Å². The number of alkyl halides is 2. The summed E-state index contributed by atoms with van der Waals surface area (Å²) in [7, 11) is 0. The number of anilines is 1. The molecule has 0 aromatic heterocycles. The second-order valence-corrected chi connectivity index (χ2v) is 7.32. The van der Waals surface area contributed by atoms with Crippen molar-refractivity contribution in [3.63, 3.8) is 0 Å². The van der Waals surface area contributed by atoms with Gasteiger partial charge in [-0.1, -0.05) is 13.0 Å². The minimum Gasteiger partial charge on any atom is -0.493 e. The van der Waals surface area contributed by atoms with E-state index in [4.69, 9.17) is 32.7 Å². The molecular formula is C15H19Cl2NO3. The fourth-order valence-corrected chi connectivity index (χ4v) is 2.57. The van der Waals surface area contributed by atoms with Crippen molar-refractivity contribution in [3.05, 3.63) is 24.3 Å². The zero-order valence-electron chi connectivity index (χ0n) is 12.3. The fourth-order valence-electron chi connectivity index (χ4n) is 1.87. The molecule has 1 aliphatic carbocycles. The lowest BCUT2D eigenvalue weighted by atomic mass is 10.2. The van der Waals surface area contributed by atoms with Gasteiger partial charge in [0.1, 0.15) is 10.1 Å². The summed E-state index contributed by atoms with van der Waals surface area (Å²) in [6, 6.07) is 7.11. The summed E-state index contributed by atoms with van der Waals surface area (Å²) < 4.78 is 10.0. The summed E-state index contributed by atoms with van der Waals surface area (Å²) >= 11 is 12.2. The maximum absolute atomic E-state index is 11.5. The molecule has 0 aliphatic heterocycles. The molecular weight excluding hydrogens is 313 g/mol. The molecule has 116 valence electrons. The molecule has 0 heterocycles. The van der Waals surface area contributed by atoms with E-state index in [9.17, 15) is 4.79 Å². The standard InChI is InChI=1S/C15H19Cl2NO3/c1-10(2)21-13(19)18-11-5-4-6-12(7-11)20-9-14(3)8-15(14,16)17/h4-7,10H,8-9H2,1-3H3,(H,18,19). The molecule has 0 saturated heterocycles. The highest BCUT2D eigenvalue weighted by Crippen LogP contribution is 2.63. The summed E-state index contributed by atoms with van der Waals surface area (Å²) in [5.41, 5.74) is 0.387. The van der Waals surface area contributed by atoms with Gasteiger partial charge in [0.15, 0.2) is 0 Å². The van der Waals surface area contributed by atoms with E-state index in [1.54, 1.807) is 32.0 Å². The first-order chi connectivity index (χ1) is 9.72. The number of nitrogens with one attached hydrogen (secondary N) is 1. The van der Waals surface area contributed by atoms with Gasteiger partial charge in [0.25, 0.3) is 0 Å². The van der Waals surface area contributed by atoms with E-state index in [0.29, 0.717) is 24.5 Å². The third-order valence-corrected chi connectivity index (χ3v) is 4.53. The average molecular weight is 332 g/mol. The first kappa shape index (κ1) is 16.2. The highest BCUT2D eigenvalue weighted by molar-refractivity contribution is 6.51. The van der Waals surface area contributed by atoms with Gasteiger partial charge < -0.3 is 9.47 Å². The molecule has 4 nitrogen and oxygen atoms in total. The molecule has 1 aliphatic rings. The number of carbonyl (C=O) groups excluding carboxylic acids is 1. The van der Waals surface area contributed by atoms with Crippen molar-refractivity contribution in [2.75, 3.05) is 11.9 Å². The molecule has 0 radical (unpaired) electrons. The quantitative estimate of drug-likeness (QED) is 0.801. The molecule has 6 heteroatoms. The normalized spacial score (nSPS) is 22.8. The van der Waals surface area contributed by atoms with Crippen molar-refractivity contribution in [3.8, 4) is 5.75 Å². The minimum absolute atomic E-state index is 0.167. The molecule has 1 atom stereocenters. The molecule has 1 amide bonds. The number of amides is 1.